The maximum Gasteiger partial charge on any atom is 0.0265 e. The fourth-order valence-corrected chi connectivity index (χ4v) is 2.36. The molecule has 0 bridgehead atoms. The standard InChI is InChI=1S/C11H20BrN/c1-9-4-3-5-11(6-9)8-13-7-10(2)12/h9,11,13H,2-8H2,1H3. The van der Waals surface area contributed by atoms with Gasteiger partial charge in [-0.1, -0.05) is 42.3 Å². The van der Waals surface area contributed by atoms with E-state index in [1.807, 2.05) is 0 Å². The third-order valence-electron chi connectivity index (χ3n) is 2.79. The van der Waals surface area contributed by atoms with Crippen LogP contribution in [0, 0.1) is 11.8 Å². The van der Waals surface area contributed by atoms with E-state index in [1.54, 1.807) is 0 Å². The molecule has 13 heavy (non-hydrogen) atoms. The van der Waals surface area contributed by atoms with Crippen molar-refractivity contribution < 1.29 is 0 Å². The highest BCUT2D eigenvalue weighted by Gasteiger charge is 2.17. The highest BCUT2D eigenvalue weighted by molar-refractivity contribution is 9.11. The molecule has 0 heterocycles. The van der Waals surface area contributed by atoms with E-state index in [-0.39, 0.29) is 0 Å². The molecule has 1 saturated carbocycles. The molecule has 0 aliphatic heterocycles. The van der Waals surface area contributed by atoms with Gasteiger partial charge in [0, 0.05) is 11.0 Å². The van der Waals surface area contributed by atoms with E-state index >= 15 is 0 Å². The normalized spacial score (nSPS) is 28.8. The summed E-state index contributed by atoms with van der Waals surface area (Å²) in [6, 6.07) is 0. The van der Waals surface area contributed by atoms with Gasteiger partial charge < -0.3 is 5.32 Å². The molecule has 76 valence electrons. The number of hydrogen-bond donors (Lipinski definition) is 1. The average Bonchev–Trinajstić information content (AvgIpc) is 2.03. The molecule has 2 unspecified atom stereocenters. The van der Waals surface area contributed by atoms with Crippen LogP contribution >= 0.6 is 15.9 Å². The highest BCUT2D eigenvalue weighted by atomic mass is 79.9. The molecule has 0 spiro atoms. The summed E-state index contributed by atoms with van der Waals surface area (Å²) in [7, 11) is 0. The van der Waals surface area contributed by atoms with E-state index in [2.05, 4.69) is 34.7 Å². The minimum absolute atomic E-state index is 0.899. The lowest BCUT2D eigenvalue weighted by Gasteiger charge is -2.26. The van der Waals surface area contributed by atoms with Gasteiger partial charge in [-0.05, 0) is 31.2 Å². The lowest BCUT2D eigenvalue weighted by atomic mass is 9.82. The van der Waals surface area contributed by atoms with Gasteiger partial charge in [0.25, 0.3) is 0 Å². The quantitative estimate of drug-likeness (QED) is 0.802. The summed E-state index contributed by atoms with van der Waals surface area (Å²) in [5, 5.41) is 3.43. The van der Waals surface area contributed by atoms with Crippen molar-refractivity contribution in [1.29, 1.82) is 0 Å². The Bertz CT molecular complexity index is 167. The third-order valence-corrected chi connectivity index (χ3v) is 3.08. The van der Waals surface area contributed by atoms with Crippen molar-refractivity contribution in [2.45, 2.75) is 32.6 Å². The molecule has 1 nitrogen and oxygen atoms in total. The molecule has 1 aliphatic rings. The Morgan fingerprint density at radius 2 is 2.31 bits per heavy atom. The molecule has 0 aromatic carbocycles. The van der Waals surface area contributed by atoms with Crippen molar-refractivity contribution in [2.75, 3.05) is 13.1 Å². The number of nitrogens with one attached hydrogen (secondary N) is 1. The summed E-state index contributed by atoms with van der Waals surface area (Å²) in [6.07, 6.45) is 5.66. The van der Waals surface area contributed by atoms with Gasteiger partial charge in [0.05, 0.1) is 0 Å². The fraction of sp³-hybridized carbons (Fsp3) is 0.818. The summed E-state index contributed by atoms with van der Waals surface area (Å²) in [5.74, 6) is 1.84. The van der Waals surface area contributed by atoms with Crippen LogP contribution in [0.5, 0.6) is 0 Å². The molecule has 0 aromatic heterocycles. The fourth-order valence-electron chi connectivity index (χ4n) is 2.16. The van der Waals surface area contributed by atoms with E-state index < -0.39 is 0 Å². The summed E-state index contributed by atoms with van der Waals surface area (Å²) < 4.78 is 1.05. The van der Waals surface area contributed by atoms with Gasteiger partial charge in [-0.15, -0.1) is 0 Å². The van der Waals surface area contributed by atoms with Crippen molar-refractivity contribution in [3.05, 3.63) is 11.1 Å². The van der Waals surface area contributed by atoms with Crippen LogP contribution in [0.4, 0.5) is 0 Å². The second-order valence-corrected chi connectivity index (χ2v) is 5.41. The first-order valence-corrected chi connectivity index (χ1v) is 6.01. The van der Waals surface area contributed by atoms with Gasteiger partial charge in [0.2, 0.25) is 0 Å². The van der Waals surface area contributed by atoms with Gasteiger partial charge in [-0.2, -0.15) is 0 Å². The number of rotatable bonds is 4. The van der Waals surface area contributed by atoms with Gasteiger partial charge in [-0.3, -0.25) is 0 Å². The molecule has 1 N–H and O–H groups in total. The smallest absolute Gasteiger partial charge is 0.0265 e. The van der Waals surface area contributed by atoms with Crippen molar-refractivity contribution >= 4 is 15.9 Å². The molecule has 0 amide bonds. The lowest BCUT2D eigenvalue weighted by Crippen LogP contribution is -2.27. The Kier molecular flexibility index (Phi) is 5.04. The summed E-state index contributed by atoms with van der Waals surface area (Å²) >= 11 is 3.35. The molecule has 0 radical (unpaired) electrons. The lowest BCUT2D eigenvalue weighted by molar-refractivity contribution is 0.276. The molecule has 1 rings (SSSR count). The van der Waals surface area contributed by atoms with E-state index in [1.165, 1.54) is 25.7 Å². The van der Waals surface area contributed by atoms with Crippen LogP contribution in [-0.2, 0) is 0 Å². The largest absolute Gasteiger partial charge is 0.312 e. The topological polar surface area (TPSA) is 12.0 Å². The van der Waals surface area contributed by atoms with Gasteiger partial charge >= 0.3 is 0 Å². The minimum atomic E-state index is 0.899. The second-order valence-electron chi connectivity index (χ2n) is 4.29. The first-order valence-electron chi connectivity index (χ1n) is 5.22. The predicted octanol–water partition coefficient (Wildman–Crippen LogP) is 3.31. The number of hydrogen-bond acceptors (Lipinski definition) is 1. The molecule has 0 aromatic rings. The van der Waals surface area contributed by atoms with Crippen LogP contribution in [0.2, 0.25) is 0 Å². The van der Waals surface area contributed by atoms with E-state index in [0.717, 1.165) is 29.4 Å². The van der Waals surface area contributed by atoms with Crippen LogP contribution in [-0.4, -0.2) is 13.1 Å². The molecule has 0 saturated heterocycles. The Hall–Kier alpha value is 0.180. The minimum Gasteiger partial charge on any atom is -0.312 e. The predicted molar refractivity (Wildman–Crippen MR) is 62.1 cm³/mol. The van der Waals surface area contributed by atoms with E-state index in [9.17, 15) is 0 Å². The second kappa shape index (κ2) is 5.82. The summed E-state index contributed by atoms with van der Waals surface area (Å²) in [5.41, 5.74) is 0. The van der Waals surface area contributed by atoms with Crippen molar-refractivity contribution in [2.24, 2.45) is 11.8 Å². The zero-order chi connectivity index (χ0) is 9.68. The Morgan fingerprint density at radius 3 is 2.92 bits per heavy atom. The molecule has 1 aliphatic carbocycles. The average molecular weight is 246 g/mol. The van der Waals surface area contributed by atoms with Gasteiger partial charge in [0.1, 0.15) is 0 Å². The van der Waals surface area contributed by atoms with E-state index in [4.69, 9.17) is 0 Å². The van der Waals surface area contributed by atoms with Gasteiger partial charge in [-0.25, -0.2) is 0 Å². The van der Waals surface area contributed by atoms with Crippen LogP contribution in [0.15, 0.2) is 11.1 Å². The summed E-state index contributed by atoms with van der Waals surface area (Å²) in [6.45, 7) is 8.25. The van der Waals surface area contributed by atoms with Crippen molar-refractivity contribution in [3.8, 4) is 0 Å². The highest BCUT2D eigenvalue weighted by Crippen LogP contribution is 2.27. The van der Waals surface area contributed by atoms with Crippen LogP contribution < -0.4 is 5.32 Å². The third kappa shape index (κ3) is 4.82. The Morgan fingerprint density at radius 1 is 1.54 bits per heavy atom. The SMILES string of the molecule is C=C(Br)CNCC1CCCC(C)C1. The van der Waals surface area contributed by atoms with E-state index in [0.29, 0.717) is 0 Å². The number of halogens is 1. The molecule has 2 atom stereocenters. The van der Waals surface area contributed by atoms with Crippen LogP contribution in [0.1, 0.15) is 32.6 Å². The van der Waals surface area contributed by atoms with Crippen molar-refractivity contribution in [1.82, 2.24) is 5.32 Å². The van der Waals surface area contributed by atoms with Crippen LogP contribution in [0.3, 0.4) is 0 Å². The van der Waals surface area contributed by atoms with Crippen LogP contribution in [0.25, 0.3) is 0 Å². The maximum absolute atomic E-state index is 3.81. The monoisotopic (exact) mass is 245 g/mol. The zero-order valence-corrected chi connectivity index (χ0v) is 10.1. The van der Waals surface area contributed by atoms with Crippen molar-refractivity contribution in [3.63, 3.8) is 0 Å². The maximum atomic E-state index is 3.81. The molecular formula is C11H20BrN. The Balaban J connectivity index is 2.10. The summed E-state index contributed by atoms with van der Waals surface area (Å²) in [4.78, 5) is 0. The zero-order valence-electron chi connectivity index (χ0n) is 8.48. The Labute approximate surface area is 90.1 Å². The molecular weight excluding hydrogens is 226 g/mol. The molecule has 1 fully saturated rings. The van der Waals surface area contributed by atoms with Gasteiger partial charge in [0.15, 0.2) is 0 Å². The first-order chi connectivity index (χ1) is 6.18. The first kappa shape index (κ1) is 11.3. The molecule has 2 heteroatoms.